The zero-order chi connectivity index (χ0) is 36.5. The van der Waals surface area contributed by atoms with Crippen LogP contribution < -0.4 is 15.8 Å². The second-order valence-electron chi connectivity index (χ2n) is 14.5. The largest absolute Gasteiger partial charge is 0.455 e. The molecule has 55 heavy (non-hydrogen) atoms. The van der Waals surface area contributed by atoms with E-state index in [1.54, 1.807) is 0 Å². The molecular formula is C51H35N3O. The molecule has 1 atom stereocenters. The molecule has 3 N–H and O–H groups in total. The van der Waals surface area contributed by atoms with Crippen LogP contribution in [0.3, 0.4) is 0 Å². The average Bonchev–Trinajstić information content (AvgIpc) is 3.54. The van der Waals surface area contributed by atoms with Crippen molar-refractivity contribution in [2.24, 2.45) is 4.99 Å². The maximum Gasteiger partial charge on any atom is 0.143 e. The number of hydrogen-bond donors (Lipinski definition) is 2. The normalized spacial score (nSPS) is 15.8. The summed E-state index contributed by atoms with van der Waals surface area (Å²) in [5.74, 6) is 2.37. The first kappa shape index (κ1) is 31.4. The van der Waals surface area contributed by atoms with E-state index in [-0.39, 0.29) is 6.04 Å². The molecule has 0 radical (unpaired) electrons. The Labute approximate surface area is 319 Å². The summed E-state index contributed by atoms with van der Waals surface area (Å²) in [5.41, 5.74) is 19.7. The minimum Gasteiger partial charge on any atom is -0.455 e. The van der Waals surface area contributed by atoms with Crippen molar-refractivity contribution in [1.29, 1.82) is 0 Å². The monoisotopic (exact) mass is 705 g/mol. The van der Waals surface area contributed by atoms with Gasteiger partial charge in [0.2, 0.25) is 0 Å². The van der Waals surface area contributed by atoms with E-state index >= 15 is 0 Å². The zero-order valence-electron chi connectivity index (χ0n) is 29.9. The number of anilines is 1. The summed E-state index contributed by atoms with van der Waals surface area (Å²) in [5, 5.41) is 6.21. The Balaban J connectivity index is 1.19. The molecule has 0 amide bonds. The quantitative estimate of drug-likeness (QED) is 0.179. The Hall–Kier alpha value is -7.17. The number of amidine groups is 1. The van der Waals surface area contributed by atoms with Gasteiger partial charge in [-0.2, -0.15) is 0 Å². The van der Waals surface area contributed by atoms with Crippen LogP contribution in [0.4, 0.5) is 5.69 Å². The Bertz CT molecular complexity index is 2860. The van der Waals surface area contributed by atoms with E-state index in [1.165, 1.54) is 33.0 Å². The molecule has 11 rings (SSSR count). The fourth-order valence-corrected chi connectivity index (χ4v) is 9.18. The molecule has 2 aliphatic heterocycles. The maximum atomic E-state index is 7.38. The van der Waals surface area contributed by atoms with Gasteiger partial charge in [-0.15, -0.1) is 0 Å². The van der Waals surface area contributed by atoms with Crippen LogP contribution in [0.1, 0.15) is 45.0 Å². The van der Waals surface area contributed by atoms with E-state index in [4.69, 9.17) is 15.5 Å². The van der Waals surface area contributed by atoms with E-state index in [0.717, 1.165) is 62.0 Å². The van der Waals surface area contributed by atoms with Crippen LogP contribution in [0.2, 0.25) is 0 Å². The summed E-state index contributed by atoms with van der Waals surface area (Å²) in [6.45, 7) is 0. The maximum absolute atomic E-state index is 7.38. The van der Waals surface area contributed by atoms with Crippen LogP contribution in [-0.2, 0) is 5.41 Å². The van der Waals surface area contributed by atoms with Gasteiger partial charge in [-0.05, 0) is 68.4 Å². The number of hydrogen-bond acceptors (Lipinski definition) is 4. The lowest BCUT2D eigenvalue weighted by Crippen LogP contribution is -2.34. The van der Waals surface area contributed by atoms with E-state index in [0.29, 0.717) is 5.69 Å². The molecule has 0 saturated heterocycles. The molecule has 2 heterocycles. The Kier molecular flexibility index (Phi) is 6.95. The van der Waals surface area contributed by atoms with Gasteiger partial charge in [-0.3, -0.25) is 4.99 Å². The lowest BCUT2D eigenvalue weighted by atomic mass is 9.65. The highest BCUT2D eigenvalue weighted by Gasteiger charge is 2.52. The van der Waals surface area contributed by atoms with Crippen molar-refractivity contribution in [3.8, 4) is 33.8 Å². The Morgan fingerprint density at radius 2 is 1.07 bits per heavy atom. The number of rotatable bonds is 4. The highest BCUT2D eigenvalue weighted by Crippen LogP contribution is 2.63. The summed E-state index contributed by atoms with van der Waals surface area (Å²) in [4.78, 5) is 5.47. The summed E-state index contributed by atoms with van der Waals surface area (Å²) >= 11 is 0. The van der Waals surface area contributed by atoms with E-state index in [9.17, 15) is 0 Å². The fourth-order valence-electron chi connectivity index (χ4n) is 9.18. The van der Waals surface area contributed by atoms with Crippen LogP contribution in [0, 0.1) is 0 Å². The molecule has 0 fully saturated rings. The molecular weight excluding hydrogens is 671 g/mol. The summed E-state index contributed by atoms with van der Waals surface area (Å²) < 4.78 is 7.38. The molecule has 0 saturated carbocycles. The highest BCUT2D eigenvalue weighted by molar-refractivity contribution is 6.09. The predicted octanol–water partition coefficient (Wildman–Crippen LogP) is 11.7. The summed E-state index contributed by atoms with van der Waals surface area (Å²) in [6, 6.07) is 64.2. The number of nitrogens with zero attached hydrogens (tertiary/aromatic N) is 1. The number of aliphatic imine (C=N–C) groups is 1. The van der Waals surface area contributed by atoms with E-state index in [1.807, 2.05) is 18.2 Å². The van der Waals surface area contributed by atoms with Crippen molar-refractivity contribution in [2.45, 2.75) is 11.5 Å². The topological polar surface area (TPSA) is 59.6 Å². The third kappa shape index (κ3) is 4.68. The molecule has 1 spiro atoms. The van der Waals surface area contributed by atoms with Gasteiger partial charge < -0.3 is 15.8 Å². The lowest BCUT2D eigenvalue weighted by molar-refractivity contribution is 0.437. The molecule has 4 nitrogen and oxygen atoms in total. The molecule has 1 aliphatic carbocycles. The first-order valence-electron chi connectivity index (χ1n) is 18.8. The minimum absolute atomic E-state index is 0.220. The Morgan fingerprint density at radius 3 is 1.84 bits per heavy atom. The second kappa shape index (κ2) is 12.2. The van der Waals surface area contributed by atoms with Crippen LogP contribution in [0.25, 0.3) is 38.7 Å². The van der Waals surface area contributed by atoms with Crippen LogP contribution in [0.5, 0.6) is 11.5 Å². The van der Waals surface area contributed by atoms with E-state index in [2.05, 4.69) is 175 Å². The number of nitrogens with two attached hydrogens (primary N) is 1. The molecule has 1 unspecified atom stereocenters. The molecule has 4 heteroatoms. The SMILES string of the molecule is Nc1cccc(-c2cccc3c2Oc2c(C4=NC(c5ccccc5)C=C(c5cccc6ccccc56)N4)cccc2C32c3ccccc3-c3ccccc32)c1. The van der Waals surface area contributed by atoms with Gasteiger partial charge >= 0.3 is 0 Å². The van der Waals surface area contributed by atoms with E-state index < -0.39 is 5.41 Å². The third-order valence-electron chi connectivity index (χ3n) is 11.5. The number of para-hydroxylation sites is 2. The molecule has 3 aliphatic rings. The van der Waals surface area contributed by atoms with Gasteiger partial charge in [0, 0.05) is 33.6 Å². The average molecular weight is 706 g/mol. The first-order valence-corrected chi connectivity index (χ1v) is 18.8. The zero-order valence-corrected chi connectivity index (χ0v) is 29.9. The van der Waals surface area contributed by atoms with Crippen molar-refractivity contribution < 1.29 is 4.74 Å². The van der Waals surface area contributed by atoms with Crippen LogP contribution in [0.15, 0.2) is 193 Å². The van der Waals surface area contributed by atoms with Crippen molar-refractivity contribution in [3.05, 3.63) is 227 Å². The first-order chi connectivity index (χ1) is 27.2. The van der Waals surface area contributed by atoms with Crippen LogP contribution >= 0.6 is 0 Å². The third-order valence-corrected chi connectivity index (χ3v) is 11.5. The van der Waals surface area contributed by atoms with Gasteiger partial charge in [0.05, 0.1) is 17.0 Å². The minimum atomic E-state index is -0.648. The Morgan fingerprint density at radius 1 is 0.509 bits per heavy atom. The number of nitrogens with one attached hydrogen (secondary N) is 1. The van der Waals surface area contributed by atoms with Crippen molar-refractivity contribution in [2.75, 3.05) is 5.73 Å². The van der Waals surface area contributed by atoms with Crippen molar-refractivity contribution in [3.63, 3.8) is 0 Å². The molecule has 0 aromatic heterocycles. The standard InChI is InChI=1S/C51H35N3O/c52-35-19-10-18-34(30-35)37-23-12-28-44-48(37)55-49-41(25-13-29-45(49)51(44)42-26-8-6-21-38(42)39-22-7-9-27-43(39)51)50-53-46(33-15-2-1-3-16-33)31-47(54-50)40-24-11-17-32-14-4-5-20-36(32)40/h1-31,46H,52H2,(H,53,54). The second-order valence-corrected chi connectivity index (χ2v) is 14.5. The van der Waals surface area contributed by atoms with Gasteiger partial charge in [-0.25, -0.2) is 0 Å². The van der Waals surface area contributed by atoms with Crippen LogP contribution in [-0.4, -0.2) is 5.84 Å². The molecule has 0 bridgehead atoms. The van der Waals surface area contributed by atoms with Crippen molar-refractivity contribution >= 4 is 28.0 Å². The fraction of sp³-hybridized carbons (Fsp3) is 0.0392. The highest BCUT2D eigenvalue weighted by atomic mass is 16.5. The van der Waals surface area contributed by atoms with Crippen molar-refractivity contribution in [1.82, 2.24) is 5.32 Å². The number of benzene rings is 8. The van der Waals surface area contributed by atoms with Gasteiger partial charge in [0.25, 0.3) is 0 Å². The summed E-state index contributed by atoms with van der Waals surface area (Å²) in [6.07, 6.45) is 2.25. The van der Waals surface area contributed by atoms with Gasteiger partial charge in [0.15, 0.2) is 0 Å². The number of nitrogen functional groups attached to an aromatic ring is 1. The van der Waals surface area contributed by atoms with Gasteiger partial charge in [-0.1, -0.05) is 164 Å². The summed E-state index contributed by atoms with van der Waals surface area (Å²) in [7, 11) is 0. The molecule has 260 valence electrons. The number of fused-ring (bicyclic) bond motifs is 10. The lowest BCUT2D eigenvalue weighted by Gasteiger charge is -2.41. The predicted molar refractivity (Wildman–Crippen MR) is 224 cm³/mol. The van der Waals surface area contributed by atoms with Gasteiger partial charge in [0.1, 0.15) is 17.3 Å². The smallest absolute Gasteiger partial charge is 0.143 e. The number of ether oxygens (including phenoxy) is 1. The molecule has 8 aromatic rings. The molecule has 8 aromatic carbocycles.